The van der Waals surface area contributed by atoms with Crippen LogP contribution in [0, 0.1) is 6.92 Å². The zero-order valence-electron chi connectivity index (χ0n) is 10.1. The average Bonchev–Trinajstić information content (AvgIpc) is 3.03. The molecule has 0 atom stereocenters. The molecule has 3 rings (SSSR count). The van der Waals surface area contributed by atoms with Crippen LogP contribution in [0.2, 0.25) is 0 Å². The molecule has 1 aromatic rings. The highest BCUT2D eigenvalue weighted by molar-refractivity contribution is 5.31. The van der Waals surface area contributed by atoms with Gasteiger partial charge in [-0.1, -0.05) is 36.2 Å². The molecule has 2 aliphatic carbocycles. The lowest BCUT2D eigenvalue weighted by atomic mass is 9.64. The van der Waals surface area contributed by atoms with Crippen molar-refractivity contribution in [3.8, 4) is 0 Å². The van der Waals surface area contributed by atoms with Crippen LogP contribution in [0.15, 0.2) is 24.3 Å². The van der Waals surface area contributed by atoms with Gasteiger partial charge in [0.1, 0.15) is 0 Å². The second-order valence-corrected chi connectivity index (χ2v) is 5.66. The molecule has 1 heteroatoms. The van der Waals surface area contributed by atoms with E-state index in [1.807, 2.05) is 0 Å². The minimum Gasteiger partial charge on any atom is -0.313 e. The van der Waals surface area contributed by atoms with Gasteiger partial charge in [0, 0.05) is 18.0 Å². The Morgan fingerprint density at radius 2 is 1.88 bits per heavy atom. The highest BCUT2D eigenvalue weighted by atomic mass is 15.0. The lowest BCUT2D eigenvalue weighted by Crippen LogP contribution is -2.44. The van der Waals surface area contributed by atoms with Gasteiger partial charge >= 0.3 is 0 Å². The van der Waals surface area contributed by atoms with Crippen LogP contribution < -0.4 is 5.32 Å². The average molecular weight is 215 g/mol. The molecule has 16 heavy (non-hydrogen) atoms. The minimum atomic E-state index is 0.469. The number of rotatable bonds is 4. The van der Waals surface area contributed by atoms with E-state index in [1.54, 1.807) is 5.56 Å². The van der Waals surface area contributed by atoms with E-state index in [0.717, 1.165) is 6.04 Å². The van der Waals surface area contributed by atoms with Gasteiger partial charge in [0.2, 0.25) is 0 Å². The Morgan fingerprint density at radius 1 is 1.19 bits per heavy atom. The maximum atomic E-state index is 3.71. The largest absolute Gasteiger partial charge is 0.313 e. The molecule has 86 valence electrons. The zero-order valence-corrected chi connectivity index (χ0v) is 10.1. The molecule has 1 nitrogen and oxygen atoms in total. The molecule has 0 unspecified atom stereocenters. The number of benzene rings is 1. The molecule has 0 aliphatic heterocycles. The third kappa shape index (κ3) is 1.89. The van der Waals surface area contributed by atoms with Gasteiger partial charge in [-0.3, -0.25) is 0 Å². The van der Waals surface area contributed by atoms with Crippen LogP contribution in [0.1, 0.15) is 43.2 Å². The standard InChI is InChI=1S/C15H21N/c1-12-3-5-13(6-4-12)15(9-2-10-15)11-16-14-7-8-14/h3-6,14,16H,2,7-11H2,1H3. The molecular weight excluding hydrogens is 194 g/mol. The Bertz CT molecular complexity index is 358. The molecule has 0 saturated heterocycles. The molecule has 2 aliphatic rings. The van der Waals surface area contributed by atoms with Gasteiger partial charge in [-0.05, 0) is 38.2 Å². The molecule has 0 spiro atoms. The Morgan fingerprint density at radius 3 is 2.38 bits per heavy atom. The first kappa shape index (κ1) is 10.3. The van der Waals surface area contributed by atoms with E-state index in [4.69, 9.17) is 0 Å². The highest BCUT2D eigenvalue weighted by Crippen LogP contribution is 2.43. The molecule has 0 radical (unpaired) electrons. The Labute approximate surface area is 98.3 Å². The molecule has 0 heterocycles. The summed E-state index contributed by atoms with van der Waals surface area (Å²) in [7, 11) is 0. The third-order valence-electron chi connectivity index (χ3n) is 4.28. The molecule has 0 aromatic heterocycles. The molecule has 0 amide bonds. The van der Waals surface area contributed by atoms with Gasteiger partial charge in [-0.15, -0.1) is 0 Å². The normalized spacial score (nSPS) is 22.8. The van der Waals surface area contributed by atoms with Gasteiger partial charge in [0.15, 0.2) is 0 Å². The summed E-state index contributed by atoms with van der Waals surface area (Å²) in [6, 6.07) is 10.0. The SMILES string of the molecule is Cc1ccc(C2(CNC3CC3)CCC2)cc1. The van der Waals surface area contributed by atoms with Crippen molar-refractivity contribution in [2.45, 2.75) is 50.5 Å². The zero-order chi connectivity index (χ0) is 11.0. The van der Waals surface area contributed by atoms with Crippen LogP contribution in [-0.4, -0.2) is 12.6 Å². The molecular formula is C15H21N. The van der Waals surface area contributed by atoms with Crippen LogP contribution >= 0.6 is 0 Å². The highest BCUT2D eigenvalue weighted by Gasteiger charge is 2.39. The van der Waals surface area contributed by atoms with Gasteiger partial charge < -0.3 is 5.32 Å². The number of nitrogens with one attached hydrogen (secondary N) is 1. The monoisotopic (exact) mass is 215 g/mol. The van der Waals surface area contributed by atoms with Crippen molar-refractivity contribution in [3.05, 3.63) is 35.4 Å². The molecule has 2 fully saturated rings. The van der Waals surface area contributed by atoms with Gasteiger partial charge in [-0.2, -0.15) is 0 Å². The number of aryl methyl sites for hydroxylation is 1. The van der Waals surface area contributed by atoms with Crippen LogP contribution in [0.4, 0.5) is 0 Å². The fourth-order valence-electron chi connectivity index (χ4n) is 2.71. The Balaban J connectivity index is 1.74. The first-order valence-electron chi connectivity index (χ1n) is 6.59. The molecule has 0 bridgehead atoms. The van der Waals surface area contributed by atoms with E-state index in [2.05, 4.69) is 36.5 Å². The predicted molar refractivity (Wildman–Crippen MR) is 67.7 cm³/mol. The maximum Gasteiger partial charge on any atom is 0.00779 e. The summed E-state index contributed by atoms with van der Waals surface area (Å²) in [5, 5.41) is 3.71. The van der Waals surface area contributed by atoms with Crippen molar-refractivity contribution < 1.29 is 0 Å². The van der Waals surface area contributed by atoms with Crippen molar-refractivity contribution in [3.63, 3.8) is 0 Å². The van der Waals surface area contributed by atoms with E-state index in [9.17, 15) is 0 Å². The summed E-state index contributed by atoms with van der Waals surface area (Å²) in [5.74, 6) is 0. The van der Waals surface area contributed by atoms with Crippen LogP contribution in [-0.2, 0) is 5.41 Å². The van der Waals surface area contributed by atoms with Crippen LogP contribution in [0.5, 0.6) is 0 Å². The number of hydrogen-bond donors (Lipinski definition) is 1. The Hall–Kier alpha value is -0.820. The minimum absolute atomic E-state index is 0.469. The fourth-order valence-corrected chi connectivity index (χ4v) is 2.71. The summed E-state index contributed by atoms with van der Waals surface area (Å²) >= 11 is 0. The van der Waals surface area contributed by atoms with E-state index in [1.165, 1.54) is 44.2 Å². The topological polar surface area (TPSA) is 12.0 Å². The van der Waals surface area contributed by atoms with Crippen molar-refractivity contribution in [2.24, 2.45) is 0 Å². The van der Waals surface area contributed by atoms with Crippen LogP contribution in [0.3, 0.4) is 0 Å². The van der Waals surface area contributed by atoms with Crippen molar-refractivity contribution in [2.75, 3.05) is 6.54 Å². The number of hydrogen-bond acceptors (Lipinski definition) is 1. The summed E-state index contributed by atoms with van der Waals surface area (Å²) in [5.41, 5.74) is 3.39. The molecule has 2 saturated carbocycles. The van der Waals surface area contributed by atoms with Crippen LogP contribution in [0.25, 0.3) is 0 Å². The lowest BCUT2D eigenvalue weighted by Gasteiger charge is -2.43. The first-order valence-corrected chi connectivity index (χ1v) is 6.59. The van der Waals surface area contributed by atoms with Gasteiger partial charge in [-0.25, -0.2) is 0 Å². The first-order chi connectivity index (χ1) is 7.78. The Kier molecular flexibility index (Phi) is 2.51. The molecule has 1 aromatic carbocycles. The third-order valence-corrected chi connectivity index (χ3v) is 4.28. The summed E-state index contributed by atoms with van der Waals surface area (Å²) in [6.45, 7) is 3.36. The van der Waals surface area contributed by atoms with Crippen molar-refractivity contribution >= 4 is 0 Å². The maximum absolute atomic E-state index is 3.71. The predicted octanol–water partition coefficient (Wildman–Crippen LogP) is 3.17. The summed E-state index contributed by atoms with van der Waals surface area (Å²) in [4.78, 5) is 0. The molecule has 1 N–H and O–H groups in total. The summed E-state index contributed by atoms with van der Waals surface area (Å²) in [6.07, 6.45) is 6.93. The second kappa shape index (κ2) is 3.89. The second-order valence-electron chi connectivity index (χ2n) is 5.66. The van der Waals surface area contributed by atoms with E-state index >= 15 is 0 Å². The lowest BCUT2D eigenvalue weighted by molar-refractivity contribution is 0.233. The van der Waals surface area contributed by atoms with E-state index < -0.39 is 0 Å². The van der Waals surface area contributed by atoms with Gasteiger partial charge in [0.25, 0.3) is 0 Å². The smallest absolute Gasteiger partial charge is 0.00779 e. The van der Waals surface area contributed by atoms with Crippen molar-refractivity contribution in [1.82, 2.24) is 5.32 Å². The van der Waals surface area contributed by atoms with Gasteiger partial charge in [0.05, 0.1) is 0 Å². The van der Waals surface area contributed by atoms with Crippen molar-refractivity contribution in [1.29, 1.82) is 0 Å². The fraction of sp³-hybridized carbons (Fsp3) is 0.600. The van der Waals surface area contributed by atoms with E-state index in [0.29, 0.717) is 5.41 Å². The summed E-state index contributed by atoms with van der Waals surface area (Å²) < 4.78 is 0. The van der Waals surface area contributed by atoms with E-state index in [-0.39, 0.29) is 0 Å². The quantitative estimate of drug-likeness (QED) is 0.813.